The summed E-state index contributed by atoms with van der Waals surface area (Å²) in [6, 6.07) is 5.81. The first kappa shape index (κ1) is 14.3. The van der Waals surface area contributed by atoms with Gasteiger partial charge in [0.1, 0.15) is 0 Å². The Balaban J connectivity index is 1.81. The Bertz CT molecular complexity index is 413. The lowest BCUT2D eigenvalue weighted by molar-refractivity contribution is -0.137. The van der Waals surface area contributed by atoms with Crippen LogP contribution in [0.5, 0.6) is 0 Å². The molecule has 0 saturated heterocycles. The summed E-state index contributed by atoms with van der Waals surface area (Å²) in [7, 11) is 0. The van der Waals surface area contributed by atoms with Gasteiger partial charge in [-0.15, -0.1) is 0 Å². The number of hydrogen-bond acceptors (Lipinski definition) is 2. The number of ether oxygens (including phenoxy) is 1. The van der Waals surface area contributed by atoms with Crippen LogP contribution in [0.4, 0.5) is 13.2 Å². The molecule has 1 N–H and O–H groups in total. The molecule has 0 aliphatic heterocycles. The zero-order valence-electron chi connectivity index (χ0n) is 10.8. The van der Waals surface area contributed by atoms with E-state index in [9.17, 15) is 13.2 Å². The molecule has 1 aromatic rings. The summed E-state index contributed by atoms with van der Waals surface area (Å²) < 4.78 is 43.1. The average Bonchev–Trinajstić information content (AvgIpc) is 2.31. The van der Waals surface area contributed by atoms with Crippen molar-refractivity contribution in [2.45, 2.75) is 44.6 Å². The topological polar surface area (TPSA) is 21.3 Å². The highest BCUT2D eigenvalue weighted by Crippen LogP contribution is 2.29. The average molecular weight is 273 g/mol. The van der Waals surface area contributed by atoms with E-state index in [4.69, 9.17) is 4.74 Å². The molecular weight excluding hydrogens is 255 g/mol. The van der Waals surface area contributed by atoms with Gasteiger partial charge in [-0.25, -0.2) is 0 Å². The predicted octanol–water partition coefficient (Wildman–Crippen LogP) is 3.36. The van der Waals surface area contributed by atoms with Crippen LogP contribution < -0.4 is 5.32 Å². The molecule has 5 heteroatoms. The van der Waals surface area contributed by atoms with Gasteiger partial charge < -0.3 is 10.1 Å². The molecule has 1 aliphatic rings. The highest BCUT2D eigenvalue weighted by molar-refractivity contribution is 5.25. The lowest BCUT2D eigenvalue weighted by atomic mass is 9.89. The summed E-state index contributed by atoms with van der Waals surface area (Å²) >= 11 is 0. The smallest absolute Gasteiger partial charge is 0.378 e. The van der Waals surface area contributed by atoms with Crippen LogP contribution >= 0.6 is 0 Å². The van der Waals surface area contributed by atoms with Crippen LogP contribution in [-0.4, -0.2) is 18.8 Å². The summed E-state index contributed by atoms with van der Waals surface area (Å²) in [5.74, 6) is 0. The van der Waals surface area contributed by atoms with E-state index in [-0.39, 0.29) is 0 Å². The fraction of sp³-hybridized carbons (Fsp3) is 0.571. The van der Waals surface area contributed by atoms with Crippen LogP contribution in [0.15, 0.2) is 24.3 Å². The summed E-state index contributed by atoms with van der Waals surface area (Å²) in [4.78, 5) is 0. The minimum Gasteiger partial charge on any atom is -0.378 e. The maximum Gasteiger partial charge on any atom is 0.416 e. The Kier molecular flexibility index (Phi) is 4.47. The third-order valence-corrected chi connectivity index (χ3v) is 3.35. The highest BCUT2D eigenvalue weighted by atomic mass is 19.4. The van der Waals surface area contributed by atoms with E-state index in [1.54, 1.807) is 6.07 Å². The van der Waals surface area contributed by atoms with Gasteiger partial charge in [-0.1, -0.05) is 18.2 Å². The molecule has 0 heterocycles. The Morgan fingerprint density at radius 1 is 1.32 bits per heavy atom. The fourth-order valence-electron chi connectivity index (χ4n) is 2.22. The minimum atomic E-state index is -4.27. The molecule has 1 saturated carbocycles. The van der Waals surface area contributed by atoms with Gasteiger partial charge in [-0.05, 0) is 31.4 Å². The number of hydrogen-bond donors (Lipinski definition) is 1. The van der Waals surface area contributed by atoms with Crippen molar-refractivity contribution in [3.8, 4) is 0 Å². The van der Waals surface area contributed by atoms with E-state index in [2.05, 4.69) is 5.32 Å². The van der Waals surface area contributed by atoms with E-state index in [1.165, 1.54) is 12.1 Å². The second-order valence-corrected chi connectivity index (χ2v) is 4.82. The number of rotatable bonds is 5. The number of benzene rings is 1. The van der Waals surface area contributed by atoms with Crippen molar-refractivity contribution in [3.05, 3.63) is 35.4 Å². The second kappa shape index (κ2) is 5.92. The predicted molar refractivity (Wildman–Crippen MR) is 66.7 cm³/mol. The third-order valence-electron chi connectivity index (χ3n) is 3.35. The fourth-order valence-corrected chi connectivity index (χ4v) is 2.22. The third kappa shape index (κ3) is 3.94. The van der Waals surface area contributed by atoms with E-state index >= 15 is 0 Å². The van der Waals surface area contributed by atoms with Crippen molar-refractivity contribution >= 4 is 0 Å². The number of alkyl halides is 3. The molecule has 0 spiro atoms. The summed E-state index contributed by atoms with van der Waals surface area (Å²) in [5, 5.41) is 3.26. The Morgan fingerprint density at radius 2 is 2.05 bits per heavy atom. The highest BCUT2D eigenvalue weighted by Gasteiger charge is 2.31. The largest absolute Gasteiger partial charge is 0.416 e. The van der Waals surface area contributed by atoms with Crippen LogP contribution in [0.2, 0.25) is 0 Å². The SMILES string of the molecule is CCOC1CC(NCc2cccc(C(F)(F)F)c2)C1. The standard InChI is InChI=1S/C14H18F3NO/c1-2-19-13-7-12(8-13)18-9-10-4-3-5-11(6-10)14(15,16)17/h3-6,12-13,18H,2,7-9H2,1H3. The van der Waals surface area contributed by atoms with Gasteiger partial charge in [0.05, 0.1) is 11.7 Å². The van der Waals surface area contributed by atoms with Crippen molar-refractivity contribution < 1.29 is 17.9 Å². The summed E-state index contributed by atoms with van der Waals surface area (Å²) in [6.45, 7) is 3.14. The van der Waals surface area contributed by atoms with E-state index in [0.717, 1.165) is 18.9 Å². The van der Waals surface area contributed by atoms with E-state index < -0.39 is 11.7 Å². The van der Waals surface area contributed by atoms with Gasteiger partial charge in [-0.2, -0.15) is 13.2 Å². The van der Waals surface area contributed by atoms with Crippen molar-refractivity contribution in [3.63, 3.8) is 0 Å². The van der Waals surface area contributed by atoms with Gasteiger partial charge in [0.25, 0.3) is 0 Å². The Labute approximate surface area is 111 Å². The molecule has 1 aromatic carbocycles. The molecule has 1 fully saturated rings. The minimum absolute atomic E-state index is 0.309. The van der Waals surface area contributed by atoms with Crippen LogP contribution in [0.1, 0.15) is 30.9 Å². The number of halogens is 3. The first-order valence-corrected chi connectivity index (χ1v) is 6.50. The Morgan fingerprint density at radius 3 is 2.68 bits per heavy atom. The number of nitrogens with one attached hydrogen (secondary N) is 1. The van der Waals surface area contributed by atoms with Crippen molar-refractivity contribution in [2.75, 3.05) is 6.61 Å². The lowest BCUT2D eigenvalue weighted by Gasteiger charge is -2.35. The molecule has 0 radical (unpaired) electrons. The van der Waals surface area contributed by atoms with E-state index in [1.807, 2.05) is 6.92 Å². The molecule has 0 amide bonds. The lowest BCUT2D eigenvalue weighted by Crippen LogP contribution is -2.45. The maximum atomic E-state index is 12.5. The van der Waals surface area contributed by atoms with Gasteiger partial charge in [0, 0.05) is 19.2 Å². The van der Waals surface area contributed by atoms with Crippen LogP contribution in [0, 0.1) is 0 Å². The molecule has 19 heavy (non-hydrogen) atoms. The molecule has 2 rings (SSSR count). The summed E-state index contributed by atoms with van der Waals surface area (Å²) in [5.41, 5.74) is 0.0716. The van der Waals surface area contributed by atoms with Crippen LogP contribution in [0.3, 0.4) is 0 Å². The van der Waals surface area contributed by atoms with Crippen molar-refractivity contribution in [1.29, 1.82) is 0 Å². The molecule has 0 aromatic heterocycles. The quantitative estimate of drug-likeness (QED) is 0.888. The van der Waals surface area contributed by atoms with Gasteiger partial charge in [-0.3, -0.25) is 0 Å². The molecule has 106 valence electrons. The molecule has 2 nitrogen and oxygen atoms in total. The first-order valence-electron chi connectivity index (χ1n) is 6.50. The molecule has 0 unspecified atom stereocenters. The molecule has 0 bridgehead atoms. The van der Waals surface area contributed by atoms with Crippen molar-refractivity contribution in [1.82, 2.24) is 5.32 Å². The summed E-state index contributed by atoms with van der Waals surface area (Å²) in [6.07, 6.45) is -2.09. The first-order chi connectivity index (χ1) is 8.99. The molecule has 1 aliphatic carbocycles. The second-order valence-electron chi connectivity index (χ2n) is 4.82. The van der Waals surface area contributed by atoms with Crippen LogP contribution in [-0.2, 0) is 17.5 Å². The molecule has 0 atom stereocenters. The van der Waals surface area contributed by atoms with Crippen LogP contribution in [0.25, 0.3) is 0 Å². The normalized spacial score (nSPS) is 23.2. The maximum absolute atomic E-state index is 12.5. The zero-order valence-corrected chi connectivity index (χ0v) is 10.8. The van der Waals surface area contributed by atoms with Gasteiger partial charge in [0.15, 0.2) is 0 Å². The van der Waals surface area contributed by atoms with Gasteiger partial charge >= 0.3 is 6.18 Å². The monoisotopic (exact) mass is 273 g/mol. The van der Waals surface area contributed by atoms with E-state index in [0.29, 0.717) is 30.9 Å². The molecular formula is C14H18F3NO. The van der Waals surface area contributed by atoms with Crippen molar-refractivity contribution in [2.24, 2.45) is 0 Å². The Hall–Kier alpha value is -1.07. The van der Waals surface area contributed by atoms with Gasteiger partial charge in [0.2, 0.25) is 0 Å². The zero-order chi connectivity index (χ0) is 13.9.